The molecule has 2 atom stereocenters. The van der Waals surface area contributed by atoms with E-state index in [4.69, 9.17) is 20.3 Å². The number of carbonyl (C=O) groups excluding carboxylic acids is 3. The zero-order chi connectivity index (χ0) is 37.5. The molecule has 7 nitrogen and oxygen atoms in total. The van der Waals surface area contributed by atoms with Gasteiger partial charge < -0.3 is 20.3 Å². The molecule has 0 rings (SSSR count). The lowest BCUT2D eigenvalue weighted by atomic mass is 10.0. The second kappa shape index (κ2) is 39.7. The van der Waals surface area contributed by atoms with Crippen LogP contribution in [0, 0.1) is 0 Å². The fourth-order valence-corrected chi connectivity index (χ4v) is 6.75. The van der Waals surface area contributed by atoms with Gasteiger partial charge in [0.2, 0.25) is 0 Å². The normalized spacial score (nSPS) is 12.5. The van der Waals surface area contributed by atoms with Crippen LogP contribution in [0.4, 0.5) is 0 Å². The average Bonchev–Trinajstić information content (AvgIpc) is 3.12. The van der Waals surface area contributed by atoms with Crippen LogP contribution in [-0.2, 0) is 23.9 Å². The van der Waals surface area contributed by atoms with Gasteiger partial charge in [-0.1, -0.05) is 194 Å². The molecule has 0 aromatic rings. The molecule has 0 heterocycles. The van der Waals surface area contributed by atoms with E-state index in [1.165, 1.54) is 154 Å². The van der Waals surface area contributed by atoms with Gasteiger partial charge >= 0.3 is 11.9 Å². The molecule has 0 aliphatic carbocycles. The quantitative estimate of drug-likeness (QED) is 0.0476. The molecule has 0 spiro atoms. The molecule has 0 saturated carbocycles. The molecule has 0 aliphatic heterocycles. The molecule has 0 fully saturated rings. The number of hydrogen-bond donors (Lipinski definition) is 2. The molecule has 0 aromatic heterocycles. The highest BCUT2D eigenvalue weighted by molar-refractivity contribution is 5.83. The van der Waals surface area contributed by atoms with Crippen LogP contribution in [0.25, 0.3) is 0 Å². The molecule has 0 amide bonds. The zero-order valence-corrected chi connectivity index (χ0v) is 33.9. The van der Waals surface area contributed by atoms with Crippen molar-refractivity contribution >= 4 is 17.7 Å². The third-order valence-corrected chi connectivity index (χ3v) is 10.3. The number of carbonyl (C=O) groups is 3. The summed E-state index contributed by atoms with van der Waals surface area (Å²) >= 11 is 0. The number of nitrogens with two attached hydrogens (primary N) is 1. The largest absolute Gasteiger partial charge is 0.462 e. The number of ketones is 1. The molecule has 0 radical (unpaired) electrons. The van der Waals surface area contributed by atoms with Crippen LogP contribution >= 0.6 is 0 Å². The van der Waals surface area contributed by atoms with Crippen LogP contribution in [0.5, 0.6) is 0 Å². The first-order chi connectivity index (χ1) is 24.9. The first-order valence-corrected chi connectivity index (χ1v) is 22.2. The lowest BCUT2D eigenvalue weighted by Gasteiger charge is -2.19. The smallest absolute Gasteiger partial charge is 0.306 e. The third kappa shape index (κ3) is 36.7. The molecule has 0 saturated heterocycles. The van der Waals surface area contributed by atoms with Crippen molar-refractivity contribution < 1.29 is 29.0 Å². The van der Waals surface area contributed by atoms with Gasteiger partial charge in [0.15, 0.2) is 0 Å². The summed E-state index contributed by atoms with van der Waals surface area (Å²) in [6.45, 7) is 4.34. The minimum atomic E-state index is -0.737. The summed E-state index contributed by atoms with van der Waals surface area (Å²) in [4.78, 5) is 37.5. The number of ether oxygens (including phenoxy) is 2. The minimum absolute atomic E-state index is 0.0370. The second-order valence-electron chi connectivity index (χ2n) is 15.3. The Bertz CT molecular complexity index is 775. The molecule has 3 N–H and O–H groups in total. The molecular formula is C44H85NO6. The molecule has 0 aliphatic rings. The van der Waals surface area contributed by atoms with E-state index in [0.717, 1.165) is 38.5 Å². The topological polar surface area (TPSA) is 116 Å². The van der Waals surface area contributed by atoms with E-state index in [2.05, 4.69) is 13.8 Å². The van der Waals surface area contributed by atoms with Crippen LogP contribution in [0.15, 0.2) is 0 Å². The van der Waals surface area contributed by atoms with Crippen LogP contribution < -0.4 is 5.73 Å². The predicted octanol–water partition coefficient (Wildman–Crippen LogP) is 12.0. The number of aliphatic hydroxyl groups is 1. The number of esters is 2. The van der Waals surface area contributed by atoms with Gasteiger partial charge in [-0.25, -0.2) is 0 Å². The lowest BCUT2D eigenvalue weighted by Crippen LogP contribution is -2.33. The first-order valence-electron chi connectivity index (χ1n) is 22.2. The van der Waals surface area contributed by atoms with Gasteiger partial charge in [-0.3, -0.25) is 14.4 Å². The maximum atomic E-state index is 12.6. The summed E-state index contributed by atoms with van der Waals surface area (Å²) in [5, 5.41) is 9.10. The minimum Gasteiger partial charge on any atom is -0.462 e. The maximum absolute atomic E-state index is 12.6. The Hall–Kier alpha value is -1.47. The fraction of sp³-hybridized carbons (Fsp3) is 0.932. The number of rotatable bonds is 41. The van der Waals surface area contributed by atoms with Crippen molar-refractivity contribution in [2.24, 2.45) is 5.73 Å². The summed E-state index contributed by atoms with van der Waals surface area (Å²) in [5.74, 6) is -0.770. The highest BCUT2D eigenvalue weighted by Crippen LogP contribution is 2.16. The fourth-order valence-electron chi connectivity index (χ4n) is 6.75. The van der Waals surface area contributed by atoms with E-state index < -0.39 is 12.1 Å². The second-order valence-corrected chi connectivity index (χ2v) is 15.3. The Balaban J connectivity index is 4.10. The molecule has 302 valence electrons. The highest BCUT2D eigenvalue weighted by atomic mass is 16.6. The maximum Gasteiger partial charge on any atom is 0.306 e. The summed E-state index contributed by atoms with van der Waals surface area (Å²) in [6, 6.07) is -0.737. The van der Waals surface area contributed by atoms with Crippen molar-refractivity contribution in [1.29, 1.82) is 0 Å². The van der Waals surface area contributed by atoms with Crippen molar-refractivity contribution in [3.63, 3.8) is 0 Å². The van der Waals surface area contributed by atoms with Gasteiger partial charge in [0, 0.05) is 25.9 Å². The van der Waals surface area contributed by atoms with Crippen LogP contribution in [0.1, 0.15) is 239 Å². The first kappa shape index (κ1) is 49.5. The van der Waals surface area contributed by atoms with Gasteiger partial charge in [0.05, 0.1) is 6.04 Å². The van der Waals surface area contributed by atoms with Crippen molar-refractivity contribution in [2.45, 2.75) is 251 Å². The number of hydrogen-bond acceptors (Lipinski definition) is 7. The summed E-state index contributed by atoms with van der Waals surface area (Å²) in [7, 11) is 0. The molecular weight excluding hydrogens is 638 g/mol. The Morgan fingerprint density at radius 3 is 1.16 bits per heavy atom. The van der Waals surface area contributed by atoms with Crippen LogP contribution in [0.3, 0.4) is 0 Å². The Labute approximate surface area is 315 Å². The highest BCUT2D eigenvalue weighted by Gasteiger charge is 2.21. The van der Waals surface area contributed by atoms with Crippen molar-refractivity contribution in [3.05, 3.63) is 0 Å². The van der Waals surface area contributed by atoms with Gasteiger partial charge in [0.1, 0.15) is 18.5 Å². The standard InChI is InChI=1S/C44H85NO6/c1-3-5-7-9-11-13-15-17-19-21-23-25-27-29-31-33-43(48)50-39-40(35-36-42(47)41(45)37-38-46)51-44(49)34-32-30-28-26-24-22-20-18-16-14-12-10-8-6-4-2/h40-41,46H,3-39,45H2,1-2H3. The molecule has 51 heavy (non-hydrogen) atoms. The van der Waals surface area contributed by atoms with Crippen LogP contribution in [-0.4, -0.2) is 48.2 Å². The third-order valence-electron chi connectivity index (χ3n) is 10.3. The van der Waals surface area contributed by atoms with Crippen LogP contribution in [0.2, 0.25) is 0 Å². The Morgan fingerprint density at radius 1 is 0.471 bits per heavy atom. The van der Waals surface area contributed by atoms with E-state index in [1.807, 2.05) is 0 Å². The number of aliphatic hydroxyl groups excluding tert-OH is 1. The van der Waals surface area contributed by atoms with E-state index in [9.17, 15) is 14.4 Å². The van der Waals surface area contributed by atoms with Gasteiger partial charge in [0.25, 0.3) is 0 Å². The van der Waals surface area contributed by atoms with Crippen molar-refractivity contribution in [2.75, 3.05) is 13.2 Å². The zero-order valence-electron chi connectivity index (χ0n) is 33.9. The van der Waals surface area contributed by atoms with Crippen molar-refractivity contribution in [1.82, 2.24) is 0 Å². The van der Waals surface area contributed by atoms with Gasteiger partial charge in [-0.2, -0.15) is 0 Å². The summed E-state index contributed by atoms with van der Waals surface area (Å²) < 4.78 is 11.2. The van der Waals surface area contributed by atoms with E-state index in [1.54, 1.807) is 0 Å². The lowest BCUT2D eigenvalue weighted by molar-refractivity contribution is -0.160. The summed E-state index contributed by atoms with van der Waals surface area (Å²) in [6.07, 6.45) is 38.7. The van der Waals surface area contributed by atoms with E-state index >= 15 is 0 Å². The average molecular weight is 724 g/mol. The van der Waals surface area contributed by atoms with Gasteiger partial charge in [-0.05, 0) is 25.7 Å². The number of Topliss-reactive ketones (excluding diaryl/α,β-unsaturated/α-hetero) is 1. The number of unbranched alkanes of at least 4 members (excludes halogenated alkanes) is 28. The van der Waals surface area contributed by atoms with E-state index in [0.29, 0.717) is 12.8 Å². The molecule has 0 bridgehead atoms. The molecule has 2 unspecified atom stereocenters. The SMILES string of the molecule is CCCCCCCCCCCCCCCCCC(=O)OCC(CCC(=O)C(N)CCO)OC(=O)CCCCCCCCCCCCCCCCC. The Morgan fingerprint density at radius 2 is 0.804 bits per heavy atom. The van der Waals surface area contributed by atoms with E-state index in [-0.39, 0.29) is 50.2 Å². The molecule has 7 heteroatoms. The molecule has 0 aromatic carbocycles. The van der Waals surface area contributed by atoms with Crippen molar-refractivity contribution in [3.8, 4) is 0 Å². The van der Waals surface area contributed by atoms with Gasteiger partial charge in [-0.15, -0.1) is 0 Å². The predicted molar refractivity (Wildman–Crippen MR) is 214 cm³/mol. The monoisotopic (exact) mass is 724 g/mol. The Kier molecular flexibility index (Phi) is 38.6. The summed E-state index contributed by atoms with van der Waals surface area (Å²) in [5.41, 5.74) is 5.85.